The molecule has 3 N–H and O–H groups in total. The Labute approximate surface area is 147 Å². The number of quaternary nitrogens is 1. The Kier molecular flexibility index (Phi) is 4.50. The minimum absolute atomic E-state index is 0.694. The highest BCUT2D eigenvalue weighted by Gasteiger charge is 2.23. The first-order valence-corrected chi connectivity index (χ1v) is 8.72. The first kappa shape index (κ1) is 15.9. The second kappa shape index (κ2) is 7.09. The summed E-state index contributed by atoms with van der Waals surface area (Å²) in [6.45, 7) is 4.49. The number of anilines is 1. The Balaban J connectivity index is 1.78. The number of benzene rings is 2. The van der Waals surface area contributed by atoms with Gasteiger partial charge in [0.05, 0.1) is 24.5 Å². The van der Waals surface area contributed by atoms with Gasteiger partial charge in [-0.2, -0.15) is 5.10 Å². The van der Waals surface area contributed by atoms with E-state index in [0.29, 0.717) is 5.82 Å². The average molecular weight is 335 g/mol. The highest BCUT2D eigenvalue weighted by Crippen LogP contribution is 2.31. The molecule has 0 bridgehead atoms. The minimum atomic E-state index is 0.694. The molecule has 0 aliphatic carbocycles. The van der Waals surface area contributed by atoms with Gasteiger partial charge in [0, 0.05) is 0 Å². The molecule has 4 rings (SSSR count). The summed E-state index contributed by atoms with van der Waals surface area (Å²) in [5.74, 6) is 0.694. The Hall–Kier alpha value is -2.63. The van der Waals surface area contributed by atoms with Crippen molar-refractivity contribution in [3.63, 3.8) is 0 Å². The molecule has 5 heteroatoms. The summed E-state index contributed by atoms with van der Waals surface area (Å²) in [4.78, 5) is 1.49. The number of nitrogens with two attached hydrogens (primary N) is 1. The number of para-hydroxylation sites is 1. The van der Waals surface area contributed by atoms with Gasteiger partial charge in [0.15, 0.2) is 0 Å². The summed E-state index contributed by atoms with van der Waals surface area (Å²) in [5, 5.41) is 4.88. The molecule has 1 aromatic heterocycles. The van der Waals surface area contributed by atoms with Gasteiger partial charge in [-0.25, -0.2) is 4.68 Å². The standard InChI is InChI=1S/C20H22N4O/c21-20-19(16-7-3-1-4-8-16)18(15-23-11-13-25-14-12-23)22-24(20)17-9-5-2-6-10-17/h1-10H,11-15,21H2/p+1. The molecule has 3 aromatic rings. The third-order valence-corrected chi connectivity index (χ3v) is 4.67. The lowest BCUT2D eigenvalue weighted by molar-refractivity contribution is -0.921. The van der Waals surface area contributed by atoms with Crippen molar-refractivity contribution in [2.75, 3.05) is 32.0 Å². The second-order valence-corrected chi connectivity index (χ2v) is 6.36. The van der Waals surface area contributed by atoms with Crippen molar-refractivity contribution in [2.45, 2.75) is 6.54 Å². The zero-order valence-electron chi connectivity index (χ0n) is 14.2. The molecule has 0 spiro atoms. The summed E-state index contributed by atoms with van der Waals surface area (Å²) in [7, 11) is 0. The third-order valence-electron chi connectivity index (χ3n) is 4.67. The Morgan fingerprint density at radius 2 is 1.60 bits per heavy atom. The lowest BCUT2D eigenvalue weighted by Gasteiger charge is -2.23. The molecule has 0 unspecified atom stereocenters. The number of aromatic nitrogens is 2. The lowest BCUT2D eigenvalue weighted by Crippen LogP contribution is -3.12. The van der Waals surface area contributed by atoms with Crippen LogP contribution in [0.2, 0.25) is 0 Å². The van der Waals surface area contributed by atoms with Crippen LogP contribution in [0.15, 0.2) is 60.7 Å². The average Bonchev–Trinajstić information content (AvgIpc) is 3.00. The molecule has 1 aliphatic heterocycles. The summed E-state index contributed by atoms with van der Waals surface area (Å²) in [5.41, 5.74) is 10.7. The van der Waals surface area contributed by atoms with E-state index >= 15 is 0 Å². The lowest BCUT2D eigenvalue weighted by atomic mass is 10.0. The molecule has 2 aromatic carbocycles. The zero-order valence-corrected chi connectivity index (χ0v) is 14.2. The van der Waals surface area contributed by atoms with Crippen LogP contribution in [0.5, 0.6) is 0 Å². The fraction of sp³-hybridized carbons (Fsp3) is 0.250. The van der Waals surface area contributed by atoms with Crippen molar-refractivity contribution >= 4 is 5.82 Å². The summed E-state index contributed by atoms with van der Waals surface area (Å²) in [6.07, 6.45) is 0. The van der Waals surface area contributed by atoms with Crippen LogP contribution in [0.25, 0.3) is 16.8 Å². The number of nitrogens with zero attached hydrogens (tertiary/aromatic N) is 2. The molecule has 25 heavy (non-hydrogen) atoms. The molecule has 0 saturated carbocycles. The van der Waals surface area contributed by atoms with Crippen LogP contribution in [0.4, 0.5) is 5.82 Å². The van der Waals surface area contributed by atoms with Crippen molar-refractivity contribution < 1.29 is 9.64 Å². The van der Waals surface area contributed by atoms with Gasteiger partial charge in [0.1, 0.15) is 31.1 Å². The van der Waals surface area contributed by atoms with Crippen molar-refractivity contribution in [2.24, 2.45) is 0 Å². The largest absolute Gasteiger partial charge is 0.383 e. The summed E-state index contributed by atoms with van der Waals surface area (Å²) >= 11 is 0. The van der Waals surface area contributed by atoms with Crippen LogP contribution < -0.4 is 10.6 Å². The van der Waals surface area contributed by atoms with Gasteiger partial charge in [-0.1, -0.05) is 48.5 Å². The zero-order chi connectivity index (χ0) is 17.1. The molecular weight excluding hydrogens is 312 g/mol. The maximum absolute atomic E-state index is 6.54. The Bertz CT molecular complexity index is 824. The molecule has 0 radical (unpaired) electrons. The van der Waals surface area contributed by atoms with Crippen molar-refractivity contribution in [3.8, 4) is 16.8 Å². The number of nitrogen functional groups attached to an aromatic ring is 1. The van der Waals surface area contributed by atoms with E-state index in [-0.39, 0.29) is 0 Å². The van der Waals surface area contributed by atoms with E-state index in [1.165, 1.54) is 4.90 Å². The molecule has 0 amide bonds. The highest BCUT2D eigenvalue weighted by atomic mass is 16.5. The van der Waals surface area contributed by atoms with Gasteiger partial charge in [0.25, 0.3) is 0 Å². The first-order valence-electron chi connectivity index (χ1n) is 8.72. The molecule has 0 atom stereocenters. The summed E-state index contributed by atoms with van der Waals surface area (Å²) < 4.78 is 7.34. The van der Waals surface area contributed by atoms with E-state index < -0.39 is 0 Å². The van der Waals surface area contributed by atoms with E-state index in [2.05, 4.69) is 12.1 Å². The maximum Gasteiger partial charge on any atom is 0.135 e. The van der Waals surface area contributed by atoms with Gasteiger partial charge in [-0.3, -0.25) is 0 Å². The fourth-order valence-electron chi connectivity index (χ4n) is 3.36. The number of morpholine rings is 1. The van der Waals surface area contributed by atoms with Crippen molar-refractivity contribution in [1.82, 2.24) is 9.78 Å². The van der Waals surface area contributed by atoms with Gasteiger partial charge < -0.3 is 15.4 Å². The molecule has 1 saturated heterocycles. The van der Waals surface area contributed by atoms with Gasteiger partial charge >= 0.3 is 0 Å². The number of hydrogen-bond acceptors (Lipinski definition) is 3. The smallest absolute Gasteiger partial charge is 0.135 e. The Morgan fingerprint density at radius 1 is 0.960 bits per heavy atom. The second-order valence-electron chi connectivity index (χ2n) is 6.36. The maximum atomic E-state index is 6.54. The van der Waals surface area contributed by atoms with Crippen molar-refractivity contribution in [1.29, 1.82) is 0 Å². The highest BCUT2D eigenvalue weighted by molar-refractivity contribution is 5.77. The van der Waals surface area contributed by atoms with Crippen molar-refractivity contribution in [3.05, 3.63) is 66.4 Å². The Morgan fingerprint density at radius 3 is 2.28 bits per heavy atom. The van der Waals surface area contributed by atoms with E-state index in [1.54, 1.807) is 0 Å². The monoisotopic (exact) mass is 335 g/mol. The van der Waals surface area contributed by atoms with Crippen LogP contribution in [0.3, 0.4) is 0 Å². The number of hydrogen-bond donors (Lipinski definition) is 2. The van der Waals surface area contributed by atoms with Gasteiger partial charge in [-0.05, 0) is 17.7 Å². The SMILES string of the molecule is Nc1c(-c2ccccc2)c(C[NH+]2CCOCC2)nn1-c1ccccc1. The number of nitrogens with one attached hydrogen (secondary N) is 1. The number of rotatable bonds is 4. The van der Waals surface area contributed by atoms with Gasteiger partial charge in [0.2, 0.25) is 0 Å². The van der Waals surface area contributed by atoms with Crippen LogP contribution in [-0.2, 0) is 11.3 Å². The molecule has 128 valence electrons. The van der Waals surface area contributed by atoms with Crippen LogP contribution in [0, 0.1) is 0 Å². The fourth-order valence-corrected chi connectivity index (χ4v) is 3.36. The van der Waals surface area contributed by atoms with E-state index in [4.69, 9.17) is 15.6 Å². The summed E-state index contributed by atoms with van der Waals surface area (Å²) in [6, 6.07) is 20.4. The van der Waals surface area contributed by atoms with E-state index in [9.17, 15) is 0 Å². The minimum Gasteiger partial charge on any atom is -0.383 e. The topological polar surface area (TPSA) is 57.5 Å². The van der Waals surface area contributed by atoms with Crippen LogP contribution in [0.1, 0.15) is 5.69 Å². The van der Waals surface area contributed by atoms with E-state index in [1.807, 2.05) is 53.2 Å². The molecule has 1 fully saturated rings. The van der Waals surface area contributed by atoms with E-state index in [0.717, 1.165) is 55.4 Å². The molecule has 1 aliphatic rings. The molecular formula is C20H23N4O+. The third kappa shape index (κ3) is 3.29. The van der Waals surface area contributed by atoms with Crippen LogP contribution >= 0.6 is 0 Å². The molecule has 5 nitrogen and oxygen atoms in total. The predicted molar refractivity (Wildman–Crippen MR) is 98.6 cm³/mol. The van der Waals surface area contributed by atoms with Gasteiger partial charge in [-0.15, -0.1) is 0 Å². The predicted octanol–water partition coefficient (Wildman–Crippen LogP) is 1.54. The quantitative estimate of drug-likeness (QED) is 0.760. The normalized spacial score (nSPS) is 15.4. The molecule has 2 heterocycles. The number of ether oxygens (including phenoxy) is 1. The van der Waals surface area contributed by atoms with Crippen LogP contribution in [-0.4, -0.2) is 36.1 Å². The first-order chi connectivity index (χ1) is 12.3.